The zero-order chi connectivity index (χ0) is 15.5. The van der Waals surface area contributed by atoms with E-state index in [0.717, 1.165) is 30.5 Å². The number of aryl methyl sites for hydroxylation is 1. The molecule has 1 unspecified atom stereocenters. The third-order valence-electron chi connectivity index (χ3n) is 4.72. The Kier molecular flexibility index (Phi) is 4.78. The molecule has 122 valence electrons. The van der Waals surface area contributed by atoms with Gasteiger partial charge in [-0.2, -0.15) is 0 Å². The Labute approximate surface area is 131 Å². The fraction of sp³-hybridized carbons (Fsp3) is 0.750. The summed E-state index contributed by atoms with van der Waals surface area (Å²) in [5.74, 6) is 1.81. The second kappa shape index (κ2) is 6.79. The minimum absolute atomic E-state index is 0.0846. The maximum Gasteiger partial charge on any atom is 0.237 e. The number of H-pyrrole nitrogens is 1. The van der Waals surface area contributed by atoms with Gasteiger partial charge in [0.15, 0.2) is 0 Å². The van der Waals surface area contributed by atoms with Crippen molar-refractivity contribution in [1.82, 2.24) is 19.8 Å². The number of ether oxygens (including phenoxy) is 1. The van der Waals surface area contributed by atoms with Crippen molar-refractivity contribution in [3.8, 4) is 0 Å². The molecule has 2 fully saturated rings. The van der Waals surface area contributed by atoms with E-state index in [0.29, 0.717) is 26.3 Å². The lowest BCUT2D eigenvalue weighted by atomic mass is 9.99. The highest BCUT2D eigenvalue weighted by Gasteiger charge is 2.31. The summed E-state index contributed by atoms with van der Waals surface area (Å²) in [6, 6.07) is -0.0846. The molecule has 2 aliphatic heterocycles. The van der Waals surface area contributed by atoms with E-state index in [1.807, 2.05) is 11.8 Å². The third kappa shape index (κ3) is 3.50. The van der Waals surface area contributed by atoms with Crippen LogP contribution in [0.2, 0.25) is 0 Å². The number of hydrogen-bond donors (Lipinski definition) is 1. The Bertz CT molecular complexity index is 508. The van der Waals surface area contributed by atoms with Crippen molar-refractivity contribution in [2.24, 2.45) is 5.92 Å². The molecule has 1 amide bonds. The van der Waals surface area contributed by atoms with Crippen LogP contribution < -0.4 is 0 Å². The zero-order valence-corrected chi connectivity index (χ0v) is 13.5. The Morgan fingerprint density at radius 1 is 1.41 bits per heavy atom. The number of nitrogens with zero attached hydrogens (tertiary/aromatic N) is 3. The second-order valence-corrected chi connectivity index (χ2v) is 6.59. The second-order valence-electron chi connectivity index (χ2n) is 6.59. The number of imidazole rings is 1. The van der Waals surface area contributed by atoms with Crippen LogP contribution in [0.3, 0.4) is 0 Å². The molecular formula is C16H26N4O2. The molecule has 6 nitrogen and oxygen atoms in total. The summed E-state index contributed by atoms with van der Waals surface area (Å²) in [6.07, 6.45) is 4.19. The van der Waals surface area contributed by atoms with Gasteiger partial charge >= 0.3 is 0 Å². The highest BCUT2D eigenvalue weighted by molar-refractivity contribution is 5.78. The monoisotopic (exact) mass is 306 g/mol. The molecule has 2 saturated heterocycles. The van der Waals surface area contributed by atoms with Crippen LogP contribution in [-0.4, -0.2) is 65.1 Å². The quantitative estimate of drug-likeness (QED) is 0.916. The van der Waals surface area contributed by atoms with Crippen molar-refractivity contribution < 1.29 is 9.53 Å². The van der Waals surface area contributed by atoms with Crippen molar-refractivity contribution in [3.63, 3.8) is 0 Å². The molecule has 0 saturated carbocycles. The molecule has 0 aliphatic carbocycles. The first-order valence-corrected chi connectivity index (χ1v) is 8.24. The molecule has 22 heavy (non-hydrogen) atoms. The Morgan fingerprint density at radius 3 is 2.86 bits per heavy atom. The van der Waals surface area contributed by atoms with E-state index in [2.05, 4.69) is 21.8 Å². The molecule has 1 N–H and O–H groups in total. The topological polar surface area (TPSA) is 61.5 Å². The van der Waals surface area contributed by atoms with Gasteiger partial charge in [0.25, 0.3) is 0 Å². The normalized spacial score (nSPS) is 24.6. The predicted molar refractivity (Wildman–Crippen MR) is 83.4 cm³/mol. The van der Waals surface area contributed by atoms with Gasteiger partial charge in [-0.3, -0.25) is 9.69 Å². The van der Waals surface area contributed by atoms with Crippen LogP contribution in [0, 0.1) is 12.8 Å². The first-order chi connectivity index (χ1) is 10.6. The lowest BCUT2D eigenvalue weighted by molar-refractivity contribution is -0.142. The average molecular weight is 306 g/mol. The Balaban J connectivity index is 1.64. The largest absolute Gasteiger partial charge is 0.377 e. The van der Waals surface area contributed by atoms with Gasteiger partial charge in [0.05, 0.1) is 19.8 Å². The van der Waals surface area contributed by atoms with Crippen LogP contribution in [0.5, 0.6) is 0 Å². The van der Waals surface area contributed by atoms with Gasteiger partial charge in [-0.15, -0.1) is 0 Å². The van der Waals surface area contributed by atoms with Crippen molar-refractivity contribution in [3.05, 3.63) is 17.7 Å². The number of carbonyl (C=O) groups excluding carboxylic acids is 1. The van der Waals surface area contributed by atoms with E-state index >= 15 is 0 Å². The summed E-state index contributed by atoms with van der Waals surface area (Å²) in [5, 5.41) is 0. The van der Waals surface area contributed by atoms with Crippen LogP contribution in [0.4, 0.5) is 0 Å². The SMILES string of the molecule is Cc1cnc(C2COCCN2C(=O)CN2CCC(C)CC2)[nH]1. The fourth-order valence-corrected chi connectivity index (χ4v) is 3.23. The molecular weight excluding hydrogens is 280 g/mol. The van der Waals surface area contributed by atoms with Gasteiger partial charge in [-0.05, 0) is 38.8 Å². The van der Waals surface area contributed by atoms with Crippen LogP contribution in [0.1, 0.15) is 37.3 Å². The van der Waals surface area contributed by atoms with Crippen molar-refractivity contribution >= 4 is 5.91 Å². The maximum absolute atomic E-state index is 12.7. The lowest BCUT2D eigenvalue weighted by Crippen LogP contribution is -2.49. The first-order valence-electron chi connectivity index (χ1n) is 8.24. The summed E-state index contributed by atoms with van der Waals surface area (Å²) in [6.45, 7) is 8.62. The summed E-state index contributed by atoms with van der Waals surface area (Å²) < 4.78 is 5.56. The number of rotatable bonds is 3. The van der Waals surface area contributed by atoms with E-state index in [4.69, 9.17) is 4.74 Å². The minimum Gasteiger partial charge on any atom is -0.377 e. The lowest BCUT2D eigenvalue weighted by Gasteiger charge is -2.37. The van der Waals surface area contributed by atoms with Crippen LogP contribution in [0.25, 0.3) is 0 Å². The van der Waals surface area contributed by atoms with Gasteiger partial charge in [0.1, 0.15) is 11.9 Å². The van der Waals surface area contributed by atoms with E-state index in [9.17, 15) is 4.79 Å². The molecule has 0 spiro atoms. The first kappa shape index (κ1) is 15.5. The zero-order valence-electron chi connectivity index (χ0n) is 13.5. The molecule has 0 aromatic carbocycles. The molecule has 3 rings (SSSR count). The molecule has 2 aliphatic rings. The van der Waals surface area contributed by atoms with Gasteiger partial charge in [-0.1, -0.05) is 6.92 Å². The number of morpholine rings is 1. The molecule has 0 bridgehead atoms. The smallest absolute Gasteiger partial charge is 0.237 e. The van der Waals surface area contributed by atoms with Gasteiger partial charge in [-0.25, -0.2) is 4.98 Å². The van der Waals surface area contributed by atoms with Crippen LogP contribution in [-0.2, 0) is 9.53 Å². The maximum atomic E-state index is 12.7. The number of aromatic amines is 1. The predicted octanol–water partition coefficient (Wildman–Crippen LogP) is 1.35. The molecule has 0 radical (unpaired) electrons. The number of piperidine rings is 1. The van der Waals surface area contributed by atoms with Gasteiger partial charge in [0, 0.05) is 18.4 Å². The standard InChI is InChI=1S/C16H26N4O2/c1-12-3-5-19(6-4-12)10-15(21)20-7-8-22-11-14(20)16-17-9-13(2)18-16/h9,12,14H,3-8,10-11H2,1-2H3,(H,17,18). The molecule has 6 heteroatoms. The number of carbonyl (C=O) groups is 1. The number of nitrogens with one attached hydrogen (secondary N) is 1. The molecule has 1 aromatic heterocycles. The number of amides is 1. The summed E-state index contributed by atoms with van der Waals surface area (Å²) in [4.78, 5) is 24.6. The number of aromatic nitrogens is 2. The summed E-state index contributed by atoms with van der Waals surface area (Å²) >= 11 is 0. The fourth-order valence-electron chi connectivity index (χ4n) is 3.23. The van der Waals surface area contributed by atoms with E-state index < -0.39 is 0 Å². The van der Waals surface area contributed by atoms with E-state index in [1.54, 1.807) is 6.20 Å². The minimum atomic E-state index is -0.0846. The highest BCUT2D eigenvalue weighted by atomic mass is 16.5. The molecule has 3 heterocycles. The van der Waals surface area contributed by atoms with E-state index in [-0.39, 0.29) is 11.9 Å². The molecule has 1 aromatic rings. The molecule has 1 atom stereocenters. The average Bonchev–Trinajstić information content (AvgIpc) is 2.96. The Hall–Kier alpha value is -1.40. The van der Waals surface area contributed by atoms with Crippen molar-refractivity contribution in [2.75, 3.05) is 39.4 Å². The Morgan fingerprint density at radius 2 is 2.18 bits per heavy atom. The van der Waals surface area contributed by atoms with Crippen LogP contribution >= 0.6 is 0 Å². The number of hydrogen-bond acceptors (Lipinski definition) is 4. The summed E-state index contributed by atoms with van der Waals surface area (Å²) in [7, 11) is 0. The van der Waals surface area contributed by atoms with Crippen LogP contribution in [0.15, 0.2) is 6.20 Å². The summed E-state index contributed by atoms with van der Waals surface area (Å²) in [5.41, 5.74) is 1.01. The van der Waals surface area contributed by atoms with Gasteiger partial charge < -0.3 is 14.6 Å². The van der Waals surface area contributed by atoms with Gasteiger partial charge in [0.2, 0.25) is 5.91 Å². The highest BCUT2D eigenvalue weighted by Crippen LogP contribution is 2.23. The number of likely N-dealkylation sites (tertiary alicyclic amines) is 1. The van der Waals surface area contributed by atoms with Crippen molar-refractivity contribution in [1.29, 1.82) is 0 Å². The van der Waals surface area contributed by atoms with Crippen molar-refractivity contribution in [2.45, 2.75) is 32.7 Å². The van der Waals surface area contributed by atoms with E-state index in [1.165, 1.54) is 12.8 Å². The third-order valence-corrected chi connectivity index (χ3v) is 4.72.